The van der Waals surface area contributed by atoms with Gasteiger partial charge in [0.15, 0.2) is 17.5 Å². The summed E-state index contributed by atoms with van der Waals surface area (Å²) in [6.45, 7) is 0. The molecule has 0 N–H and O–H groups in total. The molecule has 5 nitrogen and oxygen atoms in total. The molecule has 0 amide bonds. The van der Waals surface area contributed by atoms with Crippen molar-refractivity contribution in [2.24, 2.45) is 0 Å². The minimum absolute atomic E-state index is 0.201. The third kappa shape index (κ3) is 6.36. The molecule has 1 unspecified atom stereocenters. The molecule has 1 aliphatic rings. The number of nitriles is 1. The first kappa shape index (κ1) is 37.1. The maximum atomic E-state index is 10.3. The molecular formula is C59H37N5. The van der Waals surface area contributed by atoms with Crippen LogP contribution in [0.25, 0.3) is 95.0 Å². The summed E-state index contributed by atoms with van der Waals surface area (Å²) in [6, 6.07) is 78.9. The van der Waals surface area contributed by atoms with Crippen molar-refractivity contribution >= 4 is 21.8 Å². The minimum Gasteiger partial charge on any atom is -0.309 e. The highest BCUT2D eigenvalue weighted by Gasteiger charge is 2.30. The minimum atomic E-state index is 0.201. The van der Waals surface area contributed by atoms with Gasteiger partial charge in [0.1, 0.15) is 0 Å². The van der Waals surface area contributed by atoms with E-state index in [-0.39, 0.29) is 5.92 Å². The second-order valence-corrected chi connectivity index (χ2v) is 16.3. The Labute approximate surface area is 370 Å². The molecule has 1 atom stereocenters. The number of nitrogens with zero attached hydrogens (tertiary/aromatic N) is 5. The Morgan fingerprint density at radius 3 is 1.64 bits per heavy atom. The Kier molecular flexibility index (Phi) is 8.88. The Morgan fingerprint density at radius 1 is 0.375 bits per heavy atom. The van der Waals surface area contributed by atoms with Crippen molar-refractivity contribution in [3.8, 4) is 79.3 Å². The van der Waals surface area contributed by atoms with Crippen LogP contribution in [0.15, 0.2) is 218 Å². The molecule has 2 heterocycles. The van der Waals surface area contributed by atoms with Crippen molar-refractivity contribution in [1.82, 2.24) is 19.5 Å². The molecule has 0 saturated heterocycles. The first-order chi connectivity index (χ1) is 31.7. The Hall–Kier alpha value is -8.72. The van der Waals surface area contributed by atoms with Gasteiger partial charge in [-0.25, -0.2) is 15.0 Å². The van der Waals surface area contributed by atoms with Crippen LogP contribution in [0.3, 0.4) is 0 Å². The third-order valence-electron chi connectivity index (χ3n) is 12.5. The van der Waals surface area contributed by atoms with Gasteiger partial charge in [-0.05, 0) is 105 Å². The highest BCUT2D eigenvalue weighted by molar-refractivity contribution is 6.10. The molecule has 298 valence electrons. The van der Waals surface area contributed by atoms with Crippen LogP contribution < -0.4 is 0 Å². The van der Waals surface area contributed by atoms with Crippen LogP contribution in [-0.2, 0) is 0 Å². The summed E-state index contributed by atoms with van der Waals surface area (Å²) in [7, 11) is 0. The van der Waals surface area contributed by atoms with E-state index in [0.29, 0.717) is 23.0 Å². The topological polar surface area (TPSA) is 67.4 Å². The fraction of sp³-hybridized carbons (Fsp3) is 0.0169. The van der Waals surface area contributed by atoms with Crippen molar-refractivity contribution in [3.05, 3.63) is 241 Å². The second kappa shape index (κ2) is 15.3. The van der Waals surface area contributed by atoms with Crippen molar-refractivity contribution in [1.29, 1.82) is 5.26 Å². The van der Waals surface area contributed by atoms with Crippen LogP contribution in [0.1, 0.15) is 28.2 Å². The number of para-hydroxylation sites is 1. The van der Waals surface area contributed by atoms with Crippen molar-refractivity contribution < 1.29 is 0 Å². The van der Waals surface area contributed by atoms with Gasteiger partial charge in [-0.15, -0.1) is 0 Å². The summed E-state index contributed by atoms with van der Waals surface area (Å²) in [5.41, 5.74) is 17.3. The summed E-state index contributed by atoms with van der Waals surface area (Å²) in [6.07, 6.45) is 0. The molecule has 2 aromatic heterocycles. The van der Waals surface area contributed by atoms with Crippen LogP contribution >= 0.6 is 0 Å². The summed E-state index contributed by atoms with van der Waals surface area (Å²) >= 11 is 0. The summed E-state index contributed by atoms with van der Waals surface area (Å²) in [5, 5.41) is 12.6. The van der Waals surface area contributed by atoms with Crippen LogP contribution in [0.4, 0.5) is 0 Å². The Bertz CT molecular complexity index is 3550. The molecule has 11 aromatic rings. The lowest BCUT2D eigenvalue weighted by Gasteiger charge is -2.15. The monoisotopic (exact) mass is 815 g/mol. The standard InChI is InChI=1S/C59H37N5/c60-37-38-32-45(34-46(33-38)59-62-57(41-16-6-2-7-17-41)61-58(63-59)42-18-8-3-9-19-42)44-27-31-55-52(35-44)50-21-12-13-23-54(50)64(55)47-28-24-39(25-29-47)43-26-30-49-48-20-10-11-22-51(48)56(53(49)36-43)40-14-4-1-5-15-40/h1-36,56H. The molecule has 0 aliphatic heterocycles. The van der Waals surface area contributed by atoms with E-state index in [9.17, 15) is 5.26 Å². The van der Waals surface area contributed by atoms with Gasteiger partial charge < -0.3 is 4.57 Å². The van der Waals surface area contributed by atoms with Gasteiger partial charge in [-0.1, -0.05) is 164 Å². The number of aromatic nitrogens is 4. The Morgan fingerprint density at radius 2 is 0.922 bits per heavy atom. The largest absolute Gasteiger partial charge is 0.309 e. The second-order valence-electron chi connectivity index (χ2n) is 16.3. The van der Waals surface area contributed by atoms with E-state index in [2.05, 4.69) is 156 Å². The maximum absolute atomic E-state index is 10.3. The molecule has 12 rings (SSSR count). The lowest BCUT2D eigenvalue weighted by molar-refractivity contribution is 1.02. The first-order valence-electron chi connectivity index (χ1n) is 21.5. The molecule has 5 heteroatoms. The fourth-order valence-electron chi connectivity index (χ4n) is 9.55. The van der Waals surface area contributed by atoms with Gasteiger partial charge in [-0.2, -0.15) is 5.26 Å². The molecular weight excluding hydrogens is 779 g/mol. The highest BCUT2D eigenvalue weighted by Crippen LogP contribution is 2.49. The number of rotatable bonds is 7. The van der Waals surface area contributed by atoms with Crippen LogP contribution in [0.2, 0.25) is 0 Å². The van der Waals surface area contributed by atoms with E-state index in [4.69, 9.17) is 15.0 Å². The van der Waals surface area contributed by atoms with Crippen molar-refractivity contribution in [2.45, 2.75) is 5.92 Å². The van der Waals surface area contributed by atoms with Gasteiger partial charge in [0, 0.05) is 39.1 Å². The normalized spacial score (nSPS) is 12.8. The lowest BCUT2D eigenvalue weighted by atomic mass is 9.88. The van der Waals surface area contributed by atoms with Gasteiger partial charge in [-0.3, -0.25) is 0 Å². The van der Waals surface area contributed by atoms with Crippen LogP contribution in [-0.4, -0.2) is 19.5 Å². The van der Waals surface area contributed by atoms with Crippen LogP contribution in [0.5, 0.6) is 0 Å². The number of benzene rings is 9. The van der Waals surface area contributed by atoms with Gasteiger partial charge in [0.05, 0.1) is 22.7 Å². The zero-order chi connectivity index (χ0) is 42.6. The Balaban J connectivity index is 0.926. The molecule has 0 saturated carbocycles. The predicted molar refractivity (Wildman–Crippen MR) is 259 cm³/mol. The van der Waals surface area contributed by atoms with E-state index >= 15 is 0 Å². The maximum Gasteiger partial charge on any atom is 0.164 e. The average Bonchev–Trinajstić information content (AvgIpc) is 3.89. The zero-order valence-electron chi connectivity index (χ0n) is 34.6. The number of hydrogen-bond acceptors (Lipinski definition) is 4. The first-order valence-corrected chi connectivity index (χ1v) is 21.5. The number of fused-ring (bicyclic) bond motifs is 6. The molecule has 0 radical (unpaired) electrons. The van der Waals surface area contributed by atoms with E-state index in [1.807, 2.05) is 72.8 Å². The predicted octanol–water partition coefficient (Wildman–Crippen LogP) is 14.3. The van der Waals surface area contributed by atoms with Gasteiger partial charge in [0.25, 0.3) is 0 Å². The molecule has 64 heavy (non-hydrogen) atoms. The SMILES string of the molecule is N#Cc1cc(-c2ccc3c(c2)c2ccccc2n3-c2ccc(-c3ccc4c(c3)C(c3ccccc3)c3ccccc3-4)cc2)cc(-c2nc(-c3ccccc3)nc(-c3ccccc3)n2)c1. The van der Waals surface area contributed by atoms with Gasteiger partial charge in [0.2, 0.25) is 0 Å². The average molecular weight is 816 g/mol. The smallest absolute Gasteiger partial charge is 0.164 e. The third-order valence-corrected chi connectivity index (χ3v) is 12.5. The summed E-state index contributed by atoms with van der Waals surface area (Å²) in [4.78, 5) is 14.8. The molecule has 1 aliphatic carbocycles. The number of hydrogen-bond donors (Lipinski definition) is 0. The lowest BCUT2D eigenvalue weighted by Crippen LogP contribution is -2.00. The summed E-state index contributed by atoms with van der Waals surface area (Å²) in [5.74, 6) is 1.86. The zero-order valence-corrected chi connectivity index (χ0v) is 34.6. The van der Waals surface area contributed by atoms with E-state index in [1.54, 1.807) is 0 Å². The summed E-state index contributed by atoms with van der Waals surface area (Å²) < 4.78 is 2.35. The van der Waals surface area contributed by atoms with Gasteiger partial charge >= 0.3 is 0 Å². The quantitative estimate of drug-likeness (QED) is 0.161. The van der Waals surface area contributed by atoms with Crippen molar-refractivity contribution in [2.75, 3.05) is 0 Å². The molecule has 0 bridgehead atoms. The van der Waals surface area contributed by atoms with E-state index < -0.39 is 0 Å². The molecule has 0 fully saturated rings. The van der Waals surface area contributed by atoms with E-state index in [1.165, 1.54) is 38.9 Å². The fourth-order valence-corrected chi connectivity index (χ4v) is 9.55. The van der Waals surface area contributed by atoms with Crippen molar-refractivity contribution in [3.63, 3.8) is 0 Å². The van der Waals surface area contributed by atoms with Crippen LogP contribution in [0, 0.1) is 11.3 Å². The highest BCUT2D eigenvalue weighted by atomic mass is 15.0. The molecule has 9 aromatic carbocycles. The van der Waals surface area contributed by atoms with E-state index in [0.717, 1.165) is 55.3 Å². The molecule has 0 spiro atoms.